The van der Waals surface area contributed by atoms with Crippen LogP contribution in [0.3, 0.4) is 0 Å². The smallest absolute Gasteiger partial charge is 0.119 e. The molecule has 3 aromatic carbocycles. The molecular weight excluding hydrogens is 330 g/mol. The maximum absolute atomic E-state index is 5.90. The molecule has 0 saturated carbocycles. The summed E-state index contributed by atoms with van der Waals surface area (Å²) in [6.07, 6.45) is 0.995. The van der Waals surface area contributed by atoms with Crippen LogP contribution in [0.4, 0.5) is 0 Å². The van der Waals surface area contributed by atoms with Gasteiger partial charge >= 0.3 is 0 Å². The normalized spacial score (nSPS) is 10.6. The van der Waals surface area contributed by atoms with Gasteiger partial charge in [0.2, 0.25) is 0 Å². The van der Waals surface area contributed by atoms with Crippen LogP contribution >= 0.6 is 11.6 Å². The lowest BCUT2D eigenvalue weighted by Crippen LogP contribution is -2.16. The number of ether oxygens (including phenoxy) is 1. The summed E-state index contributed by atoms with van der Waals surface area (Å²) in [5.41, 5.74) is 3.72. The van der Waals surface area contributed by atoms with Gasteiger partial charge in [-0.3, -0.25) is 0 Å². The zero-order chi connectivity index (χ0) is 17.3. The first-order valence-electron chi connectivity index (χ1n) is 8.50. The van der Waals surface area contributed by atoms with Crippen molar-refractivity contribution in [2.24, 2.45) is 0 Å². The largest absolute Gasteiger partial charge is 0.489 e. The number of halogens is 1. The van der Waals surface area contributed by atoms with Crippen LogP contribution in [-0.4, -0.2) is 6.54 Å². The molecule has 0 amide bonds. The van der Waals surface area contributed by atoms with E-state index in [1.165, 1.54) is 16.7 Å². The fraction of sp³-hybridized carbons (Fsp3) is 0.182. The molecule has 0 aliphatic rings. The first kappa shape index (κ1) is 17.5. The Kier molecular flexibility index (Phi) is 6.49. The summed E-state index contributed by atoms with van der Waals surface area (Å²) in [7, 11) is 0. The molecule has 2 nitrogen and oxygen atoms in total. The average molecular weight is 352 g/mol. The lowest BCUT2D eigenvalue weighted by atomic mass is 10.1. The van der Waals surface area contributed by atoms with E-state index in [1.807, 2.05) is 42.5 Å². The molecule has 0 radical (unpaired) electrons. The fourth-order valence-electron chi connectivity index (χ4n) is 2.56. The highest BCUT2D eigenvalue weighted by atomic mass is 35.5. The molecule has 0 aromatic heterocycles. The Labute approximate surface area is 154 Å². The molecule has 1 N–H and O–H groups in total. The zero-order valence-corrected chi connectivity index (χ0v) is 14.9. The minimum atomic E-state index is 0.597. The molecule has 0 bridgehead atoms. The van der Waals surface area contributed by atoms with Crippen LogP contribution in [0.5, 0.6) is 5.75 Å². The molecule has 0 aliphatic carbocycles. The molecular formula is C22H22ClNO. The lowest BCUT2D eigenvalue weighted by molar-refractivity contribution is 0.306. The Morgan fingerprint density at radius 3 is 2.12 bits per heavy atom. The molecule has 0 spiro atoms. The van der Waals surface area contributed by atoms with Crippen LogP contribution in [-0.2, 0) is 19.6 Å². The second-order valence-electron chi connectivity index (χ2n) is 5.97. The summed E-state index contributed by atoms with van der Waals surface area (Å²) >= 11 is 5.90. The molecule has 0 atom stereocenters. The van der Waals surface area contributed by atoms with Gasteiger partial charge in [-0.1, -0.05) is 66.2 Å². The fourth-order valence-corrected chi connectivity index (χ4v) is 2.69. The van der Waals surface area contributed by atoms with Gasteiger partial charge in [-0.05, 0) is 53.9 Å². The summed E-state index contributed by atoms with van der Waals surface area (Å²) in [5, 5.41) is 4.25. The van der Waals surface area contributed by atoms with E-state index in [1.54, 1.807) is 0 Å². The molecule has 0 fully saturated rings. The summed E-state index contributed by atoms with van der Waals surface area (Å²) in [4.78, 5) is 0. The number of benzene rings is 3. The lowest BCUT2D eigenvalue weighted by Gasteiger charge is -2.08. The molecule has 0 saturated heterocycles. The first-order valence-corrected chi connectivity index (χ1v) is 8.88. The predicted octanol–water partition coefficient (Wildman–Crippen LogP) is 5.25. The SMILES string of the molecule is Clc1ccc(CCNCc2ccc(OCc3ccccc3)cc2)cc1. The number of rotatable bonds is 8. The summed E-state index contributed by atoms with van der Waals surface area (Å²) in [5.74, 6) is 0.897. The molecule has 0 aliphatic heterocycles. The third-order valence-electron chi connectivity index (χ3n) is 4.00. The van der Waals surface area contributed by atoms with E-state index < -0.39 is 0 Å². The Hall–Kier alpha value is -2.29. The van der Waals surface area contributed by atoms with Gasteiger partial charge in [0.05, 0.1) is 0 Å². The second kappa shape index (κ2) is 9.26. The second-order valence-corrected chi connectivity index (χ2v) is 6.41. The Morgan fingerprint density at radius 2 is 1.40 bits per heavy atom. The van der Waals surface area contributed by atoms with E-state index >= 15 is 0 Å². The predicted molar refractivity (Wildman–Crippen MR) is 104 cm³/mol. The van der Waals surface area contributed by atoms with E-state index in [4.69, 9.17) is 16.3 Å². The number of hydrogen-bond acceptors (Lipinski definition) is 2. The van der Waals surface area contributed by atoms with Crippen molar-refractivity contribution in [2.75, 3.05) is 6.54 Å². The van der Waals surface area contributed by atoms with Crippen LogP contribution in [0.1, 0.15) is 16.7 Å². The third kappa shape index (κ3) is 5.93. The number of hydrogen-bond donors (Lipinski definition) is 1. The summed E-state index contributed by atoms with van der Waals surface area (Å²) in [6.45, 7) is 2.39. The highest BCUT2D eigenvalue weighted by molar-refractivity contribution is 6.30. The topological polar surface area (TPSA) is 21.3 Å². The van der Waals surface area contributed by atoms with Gasteiger partial charge in [0.1, 0.15) is 12.4 Å². The molecule has 25 heavy (non-hydrogen) atoms. The molecule has 128 valence electrons. The van der Waals surface area contributed by atoms with Crippen LogP contribution in [0, 0.1) is 0 Å². The van der Waals surface area contributed by atoms with E-state index in [2.05, 4.69) is 41.7 Å². The highest BCUT2D eigenvalue weighted by Gasteiger charge is 1.98. The van der Waals surface area contributed by atoms with Crippen molar-refractivity contribution in [1.82, 2.24) is 5.32 Å². The summed E-state index contributed by atoms with van der Waals surface area (Å²) < 4.78 is 5.81. The van der Waals surface area contributed by atoms with Gasteiger partial charge in [-0.2, -0.15) is 0 Å². The van der Waals surface area contributed by atoms with Gasteiger partial charge in [-0.15, -0.1) is 0 Å². The van der Waals surface area contributed by atoms with E-state index in [0.29, 0.717) is 6.61 Å². The minimum absolute atomic E-state index is 0.597. The standard InChI is InChI=1S/C22H22ClNO/c23-21-10-6-18(7-11-21)14-15-24-16-19-8-12-22(13-9-19)25-17-20-4-2-1-3-5-20/h1-13,24H,14-17H2. The molecule has 3 rings (SSSR count). The van der Waals surface area contributed by atoms with Crippen molar-refractivity contribution in [2.45, 2.75) is 19.6 Å². The van der Waals surface area contributed by atoms with E-state index in [0.717, 1.165) is 30.3 Å². The molecule has 3 aromatic rings. The molecule has 0 unspecified atom stereocenters. The Morgan fingerprint density at radius 1 is 0.720 bits per heavy atom. The summed E-state index contributed by atoms with van der Waals surface area (Å²) in [6, 6.07) is 26.5. The van der Waals surface area contributed by atoms with Crippen molar-refractivity contribution in [3.8, 4) is 5.75 Å². The van der Waals surface area contributed by atoms with Crippen molar-refractivity contribution in [1.29, 1.82) is 0 Å². The number of nitrogens with one attached hydrogen (secondary N) is 1. The van der Waals surface area contributed by atoms with Crippen molar-refractivity contribution in [3.63, 3.8) is 0 Å². The van der Waals surface area contributed by atoms with Gasteiger partial charge in [0, 0.05) is 11.6 Å². The van der Waals surface area contributed by atoms with Crippen molar-refractivity contribution >= 4 is 11.6 Å². The van der Waals surface area contributed by atoms with Gasteiger partial charge in [-0.25, -0.2) is 0 Å². The van der Waals surface area contributed by atoms with Crippen molar-refractivity contribution in [3.05, 3.63) is 101 Å². The van der Waals surface area contributed by atoms with Gasteiger partial charge < -0.3 is 10.1 Å². The molecule has 3 heteroatoms. The third-order valence-corrected chi connectivity index (χ3v) is 4.26. The van der Waals surface area contributed by atoms with Crippen molar-refractivity contribution < 1.29 is 4.74 Å². The zero-order valence-electron chi connectivity index (χ0n) is 14.1. The maximum atomic E-state index is 5.90. The van der Waals surface area contributed by atoms with Crippen LogP contribution in [0.25, 0.3) is 0 Å². The van der Waals surface area contributed by atoms with E-state index in [-0.39, 0.29) is 0 Å². The highest BCUT2D eigenvalue weighted by Crippen LogP contribution is 2.14. The minimum Gasteiger partial charge on any atom is -0.489 e. The average Bonchev–Trinajstić information content (AvgIpc) is 2.67. The quantitative estimate of drug-likeness (QED) is 0.559. The Balaban J connectivity index is 1.39. The molecule has 0 heterocycles. The maximum Gasteiger partial charge on any atom is 0.119 e. The van der Waals surface area contributed by atoms with E-state index in [9.17, 15) is 0 Å². The van der Waals surface area contributed by atoms with Gasteiger partial charge in [0.25, 0.3) is 0 Å². The monoisotopic (exact) mass is 351 g/mol. The van der Waals surface area contributed by atoms with Crippen LogP contribution < -0.4 is 10.1 Å². The Bertz CT molecular complexity index is 754. The first-order chi connectivity index (χ1) is 12.3. The van der Waals surface area contributed by atoms with Crippen LogP contribution in [0.2, 0.25) is 5.02 Å². The van der Waals surface area contributed by atoms with Gasteiger partial charge in [0.15, 0.2) is 0 Å². The van der Waals surface area contributed by atoms with Crippen LogP contribution in [0.15, 0.2) is 78.9 Å².